The molecule has 0 saturated carbocycles. The SMILES string of the molecule is CCc1ccsc1C(CC)C(=O)O. The van der Waals surface area contributed by atoms with Crippen LogP contribution in [0, 0.1) is 0 Å². The van der Waals surface area contributed by atoms with Gasteiger partial charge in [-0.3, -0.25) is 4.79 Å². The van der Waals surface area contributed by atoms with E-state index in [2.05, 4.69) is 6.92 Å². The van der Waals surface area contributed by atoms with Crippen LogP contribution in [0.2, 0.25) is 0 Å². The van der Waals surface area contributed by atoms with E-state index in [4.69, 9.17) is 5.11 Å². The lowest BCUT2D eigenvalue weighted by atomic mass is 10.0. The quantitative estimate of drug-likeness (QED) is 0.807. The Labute approximate surface area is 82.2 Å². The highest BCUT2D eigenvalue weighted by atomic mass is 32.1. The average Bonchev–Trinajstić information content (AvgIpc) is 2.53. The molecule has 0 bridgehead atoms. The van der Waals surface area contributed by atoms with Crippen molar-refractivity contribution >= 4 is 17.3 Å². The number of aliphatic carboxylic acids is 1. The summed E-state index contributed by atoms with van der Waals surface area (Å²) in [7, 11) is 0. The molecule has 0 aliphatic rings. The van der Waals surface area contributed by atoms with Crippen LogP contribution in [0.3, 0.4) is 0 Å². The molecule has 72 valence electrons. The Morgan fingerprint density at radius 1 is 1.62 bits per heavy atom. The summed E-state index contributed by atoms with van der Waals surface area (Å²) in [5, 5.41) is 10.9. The molecule has 0 fully saturated rings. The summed E-state index contributed by atoms with van der Waals surface area (Å²) in [6.07, 6.45) is 1.59. The molecule has 3 heteroatoms. The van der Waals surface area contributed by atoms with E-state index in [0.29, 0.717) is 6.42 Å². The van der Waals surface area contributed by atoms with Crippen molar-refractivity contribution in [3.8, 4) is 0 Å². The summed E-state index contributed by atoms with van der Waals surface area (Å²) in [5.74, 6) is -1.02. The first kappa shape index (κ1) is 10.3. The van der Waals surface area contributed by atoms with Crippen LogP contribution in [-0.2, 0) is 11.2 Å². The highest BCUT2D eigenvalue weighted by Gasteiger charge is 2.20. The highest BCUT2D eigenvalue weighted by Crippen LogP contribution is 2.29. The van der Waals surface area contributed by atoms with Crippen LogP contribution < -0.4 is 0 Å². The molecule has 1 rings (SSSR count). The van der Waals surface area contributed by atoms with Gasteiger partial charge >= 0.3 is 5.97 Å². The number of carboxylic acid groups (broad SMARTS) is 1. The van der Waals surface area contributed by atoms with Gasteiger partial charge in [-0.2, -0.15) is 0 Å². The summed E-state index contributed by atoms with van der Waals surface area (Å²) in [6, 6.07) is 2.02. The number of thiophene rings is 1. The third-order valence-electron chi connectivity index (χ3n) is 2.18. The van der Waals surface area contributed by atoms with Crippen LogP contribution in [-0.4, -0.2) is 11.1 Å². The summed E-state index contributed by atoms with van der Waals surface area (Å²) < 4.78 is 0. The average molecular weight is 198 g/mol. The van der Waals surface area contributed by atoms with Crippen LogP contribution in [0.25, 0.3) is 0 Å². The van der Waals surface area contributed by atoms with Crippen molar-refractivity contribution in [1.29, 1.82) is 0 Å². The maximum absolute atomic E-state index is 10.9. The summed E-state index contributed by atoms with van der Waals surface area (Å²) in [6.45, 7) is 3.97. The third-order valence-corrected chi connectivity index (χ3v) is 3.26. The standard InChI is InChI=1S/C10H14O2S/c1-3-7-5-6-13-9(7)8(4-2)10(11)12/h5-6,8H,3-4H2,1-2H3,(H,11,12). The van der Waals surface area contributed by atoms with Crippen LogP contribution >= 0.6 is 11.3 Å². The van der Waals surface area contributed by atoms with Gasteiger partial charge in [-0.05, 0) is 29.9 Å². The summed E-state index contributed by atoms with van der Waals surface area (Å²) in [4.78, 5) is 11.9. The van der Waals surface area contributed by atoms with Crippen LogP contribution in [0.4, 0.5) is 0 Å². The minimum atomic E-state index is -0.709. The van der Waals surface area contributed by atoms with Gasteiger partial charge in [-0.1, -0.05) is 13.8 Å². The number of aryl methyl sites for hydroxylation is 1. The van der Waals surface area contributed by atoms with E-state index >= 15 is 0 Å². The Hall–Kier alpha value is -0.830. The Morgan fingerprint density at radius 2 is 2.31 bits per heavy atom. The molecule has 1 unspecified atom stereocenters. The van der Waals surface area contributed by atoms with Gasteiger partial charge in [0.25, 0.3) is 0 Å². The van der Waals surface area contributed by atoms with Gasteiger partial charge in [0.05, 0.1) is 5.92 Å². The molecular formula is C10H14O2S. The normalized spacial score (nSPS) is 12.8. The van der Waals surface area contributed by atoms with E-state index in [9.17, 15) is 4.79 Å². The Kier molecular flexibility index (Phi) is 3.48. The van der Waals surface area contributed by atoms with Crippen molar-refractivity contribution in [3.63, 3.8) is 0 Å². The molecular weight excluding hydrogens is 184 g/mol. The summed E-state index contributed by atoms with van der Waals surface area (Å²) >= 11 is 1.55. The van der Waals surface area contributed by atoms with Crippen LogP contribution in [0.1, 0.15) is 36.6 Å². The van der Waals surface area contributed by atoms with E-state index in [1.54, 1.807) is 11.3 Å². The molecule has 1 aromatic rings. The minimum absolute atomic E-state index is 0.310. The zero-order chi connectivity index (χ0) is 9.84. The van der Waals surface area contributed by atoms with Gasteiger partial charge in [0.1, 0.15) is 0 Å². The third kappa shape index (κ3) is 2.10. The van der Waals surface area contributed by atoms with Crippen molar-refractivity contribution in [1.82, 2.24) is 0 Å². The van der Waals surface area contributed by atoms with Crippen molar-refractivity contribution in [3.05, 3.63) is 21.9 Å². The molecule has 1 atom stereocenters. The fourth-order valence-corrected chi connectivity index (χ4v) is 2.59. The maximum atomic E-state index is 10.9. The van der Waals surface area contributed by atoms with Gasteiger partial charge in [0, 0.05) is 4.88 Å². The van der Waals surface area contributed by atoms with E-state index in [0.717, 1.165) is 11.3 Å². The van der Waals surface area contributed by atoms with Crippen LogP contribution in [0.15, 0.2) is 11.4 Å². The van der Waals surface area contributed by atoms with Crippen molar-refractivity contribution in [2.24, 2.45) is 0 Å². The number of hydrogen-bond acceptors (Lipinski definition) is 2. The fourth-order valence-electron chi connectivity index (χ4n) is 1.42. The predicted molar refractivity (Wildman–Crippen MR) is 54.4 cm³/mol. The van der Waals surface area contributed by atoms with E-state index < -0.39 is 5.97 Å². The number of carbonyl (C=O) groups is 1. The Bertz CT molecular complexity index is 291. The second-order valence-corrected chi connectivity index (χ2v) is 3.91. The lowest BCUT2D eigenvalue weighted by molar-refractivity contribution is -0.138. The topological polar surface area (TPSA) is 37.3 Å². The van der Waals surface area contributed by atoms with E-state index in [1.807, 2.05) is 18.4 Å². The molecule has 0 saturated heterocycles. The zero-order valence-corrected chi connectivity index (χ0v) is 8.73. The van der Waals surface area contributed by atoms with Gasteiger partial charge in [-0.25, -0.2) is 0 Å². The molecule has 0 radical (unpaired) electrons. The van der Waals surface area contributed by atoms with Gasteiger partial charge < -0.3 is 5.11 Å². The smallest absolute Gasteiger partial charge is 0.311 e. The van der Waals surface area contributed by atoms with Crippen LogP contribution in [0.5, 0.6) is 0 Å². The highest BCUT2D eigenvalue weighted by molar-refractivity contribution is 7.10. The second kappa shape index (κ2) is 4.42. The summed E-state index contributed by atoms with van der Waals surface area (Å²) in [5.41, 5.74) is 1.18. The van der Waals surface area contributed by atoms with Crippen molar-refractivity contribution in [2.45, 2.75) is 32.6 Å². The molecule has 0 aliphatic heterocycles. The van der Waals surface area contributed by atoms with Crippen molar-refractivity contribution < 1.29 is 9.90 Å². The first-order chi connectivity index (χ1) is 6.20. The maximum Gasteiger partial charge on any atom is 0.311 e. The van der Waals surface area contributed by atoms with E-state index in [-0.39, 0.29) is 5.92 Å². The molecule has 0 aliphatic carbocycles. The van der Waals surface area contributed by atoms with Gasteiger partial charge in [0.15, 0.2) is 0 Å². The first-order valence-electron chi connectivity index (χ1n) is 4.49. The largest absolute Gasteiger partial charge is 0.481 e. The zero-order valence-electron chi connectivity index (χ0n) is 7.91. The van der Waals surface area contributed by atoms with Gasteiger partial charge in [-0.15, -0.1) is 11.3 Å². The molecule has 1 aromatic heterocycles. The van der Waals surface area contributed by atoms with Crippen molar-refractivity contribution in [2.75, 3.05) is 0 Å². The molecule has 1 heterocycles. The number of carboxylic acids is 1. The number of rotatable bonds is 4. The molecule has 0 amide bonds. The molecule has 1 N–H and O–H groups in total. The molecule has 2 nitrogen and oxygen atoms in total. The number of hydrogen-bond donors (Lipinski definition) is 1. The molecule has 13 heavy (non-hydrogen) atoms. The molecule has 0 aromatic carbocycles. The Morgan fingerprint density at radius 3 is 2.77 bits per heavy atom. The lowest BCUT2D eigenvalue weighted by Crippen LogP contribution is -2.10. The Balaban J connectivity index is 2.96. The lowest BCUT2D eigenvalue weighted by Gasteiger charge is -2.09. The predicted octanol–water partition coefficient (Wildman–Crippen LogP) is 2.89. The monoisotopic (exact) mass is 198 g/mol. The molecule has 0 spiro atoms. The second-order valence-electron chi connectivity index (χ2n) is 2.96. The fraction of sp³-hybridized carbons (Fsp3) is 0.500. The minimum Gasteiger partial charge on any atom is -0.481 e. The van der Waals surface area contributed by atoms with E-state index in [1.165, 1.54) is 5.56 Å². The first-order valence-corrected chi connectivity index (χ1v) is 5.37. The van der Waals surface area contributed by atoms with Gasteiger partial charge in [0.2, 0.25) is 0 Å².